The van der Waals surface area contributed by atoms with E-state index >= 15 is 0 Å². The highest BCUT2D eigenvalue weighted by Crippen LogP contribution is 2.34. The zero-order chi connectivity index (χ0) is 23.0. The van der Waals surface area contributed by atoms with Crippen LogP contribution in [0.5, 0.6) is 0 Å². The van der Waals surface area contributed by atoms with Gasteiger partial charge in [0.2, 0.25) is 0 Å². The molecule has 1 fully saturated rings. The number of aryl methyl sites for hydroxylation is 1. The molecule has 2 aromatic heterocycles. The molecule has 0 bridgehead atoms. The van der Waals surface area contributed by atoms with Gasteiger partial charge in [0.1, 0.15) is 17.2 Å². The minimum atomic E-state index is -4.44. The van der Waals surface area contributed by atoms with Gasteiger partial charge < -0.3 is 18.9 Å². The molecule has 170 valence electrons. The van der Waals surface area contributed by atoms with E-state index in [1.165, 1.54) is 20.1 Å². The van der Waals surface area contributed by atoms with Gasteiger partial charge in [0.15, 0.2) is 5.65 Å². The maximum atomic E-state index is 13.4. The van der Waals surface area contributed by atoms with Crippen molar-refractivity contribution in [1.29, 1.82) is 0 Å². The maximum Gasteiger partial charge on any atom is 0.416 e. The third-order valence-electron chi connectivity index (χ3n) is 5.70. The first-order chi connectivity index (χ1) is 15.2. The summed E-state index contributed by atoms with van der Waals surface area (Å²) in [5, 5.41) is 0. The second-order valence-corrected chi connectivity index (χ2v) is 7.62. The normalized spacial score (nSPS) is 14.8. The Morgan fingerprint density at radius 2 is 1.91 bits per heavy atom. The summed E-state index contributed by atoms with van der Waals surface area (Å²) in [5.41, 5.74) is 1.02. The molecular formula is C22H23F3N4O3. The number of morpholine rings is 1. The Kier molecular flexibility index (Phi) is 5.81. The van der Waals surface area contributed by atoms with E-state index in [9.17, 15) is 18.0 Å². The summed E-state index contributed by atoms with van der Waals surface area (Å²) in [5.74, 6) is 0.559. The lowest BCUT2D eigenvalue weighted by Gasteiger charge is -2.28. The molecule has 1 aliphatic rings. The van der Waals surface area contributed by atoms with Crippen LogP contribution in [0.4, 0.5) is 19.0 Å². The Hall–Kier alpha value is -3.14. The molecule has 0 N–H and O–H groups in total. The second-order valence-electron chi connectivity index (χ2n) is 7.62. The van der Waals surface area contributed by atoms with Gasteiger partial charge in [-0.25, -0.2) is 14.8 Å². The summed E-state index contributed by atoms with van der Waals surface area (Å²) in [6, 6.07) is 5.77. The minimum Gasteiger partial charge on any atom is -0.465 e. The lowest BCUT2D eigenvalue weighted by atomic mass is 10.0. The molecule has 1 saturated heterocycles. The van der Waals surface area contributed by atoms with Crippen molar-refractivity contribution in [2.24, 2.45) is 0 Å². The van der Waals surface area contributed by atoms with Crippen molar-refractivity contribution in [2.45, 2.75) is 26.6 Å². The number of methoxy groups -OCH3 is 1. The number of anilines is 1. The molecule has 0 saturated carbocycles. The van der Waals surface area contributed by atoms with Crippen molar-refractivity contribution in [3.63, 3.8) is 0 Å². The molecular weight excluding hydrogens is 425 g/mol. The predicted molar refractivity (Wildman–Crippen MR) is 112 cm³/mol. The number of imidazole rings is 1. The van der Waals surface area contributed by atoms with Crippen molar-refractivity contribution >= 4 is 23.0 Å². The monoisotopic (exact) mass is 448 g/mol. The van der Waals surface area contributed by atoms with Crippen molar-refractivity contribution in [2.75, 3.05) is 38.3 Å². The predicted octanol–water partition coefficient (Wildman–Crippen LogP) is 3.74. The Balaban J connectivity index is 1.85. The largest absolute Gasteiger partial charge is 0.465 e. The zero-order valence-corrected chi connectivity index (χ0v) is 18.0. The van der Waals surface area contributed by atoms with Crippen LogP contribution in [0.15, 0.2) is 24.3 Å². The standard InChI is InChI=1S/C22H23F3N4O3/c1-13-15(5-4-6-17(13)22(23,24)25)12-29-14(2)26-19-16(21(30)31-3)11-18(27-20(19)29)28-7-9-32-10-8-28/h4-6,11H,7-10,12H2,1-3H3. The fourth-order valence-electron chi connectivity index (χ4n) is 3.93. The van der Waals surface area contributed by atoms with E-state index in [0.29, 0.717) is 54.7 Å². The number of carbonyl (C=O) groups is 1. The first kappa shape index (κ1) is 22.1. The number of ether oxygens (including phenoxy) is 2. The van der Waals surface area contributed by atoms with Crippen LogP contribution in [0.3, 0.4) is 0 Å². The Labute approximate surface area is 182 Å². The number of nitrogens with zero attached hydrogens (tertiary/aromatic N) is 4. The van der Waals surface area contributed by atoms with Crippen LogP contribution in [0.1, 0.15) is 32.9 Å². The van der Waals surface area contributed by atoms with Crippen LogP contribution >= 0.6 is 0 Å². The van der Waals surface area contributed by atoms with E-state index < -0.39 is 17.7 Å². The molecule has 4 rings (SSSR count). The Morgan fingerprint density at radius 3 is 2.56 bits per heavy atom. The molecule has 3 aromatic rings. The molecule has 0 radical (unpaired) electrons. The highest BCUT2D eigenvalue weighted by molar-refractivity contribution is 6.02. The number of hydrogen-bond donors (Lipinski definition) is 0. The lowest BCUT2D eigenvalue weighted by molar-refractivity contribution is -0.138. The van der Waals surface area contributed by atoms with Crippen LogP contribution in [0, 0.1) is 13.8 Å². The molecule has 3 heterocycles. The van der Waals surface area contributed by atoms with E-state index in [1.54, 1.807) is 23.6 Å². The van der Waals surface area contributed by atoms with Crippen LogP contribution in [0.2, 0.25) is 0 Å². The van der Waals surface area contributed by atoms with Gasteiger partial charge in [0.25, 0.3) is 0 Å². The highest BCUT2D eigenvalue weighted by atomic mass is 19.4. The average Bonchev–Trinajstić information content (AvgIpc) is 3.08. The molecule has 32 heavy (non-hydrogen) atoms. The number of halogens is 3. The van der Waals surface area contributed by atoms with E-state index in [2.05, 4.69) is 4.98 Å². The van der Waals surface area contributed by atoms with E-state index in [1.807, 2.05) is 4.90 Å². The molecule has 0 spiro atoms. The number of hydrogen-bond acceptors (Lipinski definition) is 6. The number of aromatic nitrogens is 3. The first-order valence-electron chi connectivity index (χ1n) is 10.1. The van der Waals surface area contributed by atoms with Gasteiger partial charge in [-0.2, -0.15) is 13.2 Å². The lowest BCUT2D eigenvalue weighted by Crippen LogP contribution is -2.37. The van der Waals surface area contributed by atoms with E-state index in [0.717, 1.165) is 6.07 Å². The fourth-order valence-corrected chi connectivity index (χ4v) is 3.93. The van der Waals surface area contributed by atoms with Gasteiger partial charge in [-0.3, -0.25) is 0 Å². The van der Waals surface area contributed by atoms with Crippen LogP contribution in [-0.4, -0.2) is 53.9 Å². The van der Waals surface area contributed by atoms with Crippen LogP contribution in [-0.2, 0) is 22.2 Å². The first-order valence-corrected chi connectivity index (χ1v) is 10.1. The SMILES string of the molecule is COC(=O)c1cc(N2CCOCC2)nc2c1nc(C)n2Cc1cccc(C(F)(F)F)c1C. The van der Waals surface area contributed by atoms with E-state index in [4.69, 9.17) is 14.5 Å². The summed E-state index contributed by atoms with van der Waals surface area (Å²) in [7, 11) is 1.29. The minimum absolute atomic E-state index is 0.137. The van der Waals surface area contributed by atoms with Crippen molar-refractivity contribution < 1.29 is 27.4 Å². The average molecular weight is 448 g/mol. The molecule has 7 nitrogen and oxygen atoms in total. The summed E-state index contributed by atoms with van der Waals surface area (Å²) < 4.78 is 52.2. The van der Waals surface area contributed by atoms with Gasteiger partial charge >= 0.3 is 12.1 Å². The summed E-state index contributed by atoms with van der Waals surface area (Å²) in [6.07, 6.45) is -4.44. The van der Waals surface area contributed by atoms with Gasteiger partial charge in [-0.15, -0.1) is 0 Å². The van der Waals surface area contributed by atoms with Gasteiger partial charge in [-0.1, -0.05) is 12.1 Å². The summed E-state index contributed by atoms with van der Waals surface area (Å²) >= 11 is 0. The second kappa shape index (κ2) is 8.42. The maximum absolute atomic E-state index is 13.4. The smallest absolute Gasteiger partial charge is 0.416 e. The van der Waals surface area contributed by atoms with Crippen molar-refractivity contribution in [1.82, 2.24) is 14.5 Å². The molecule has 1 aromatic carbocycles. The number of fused-ring (bicyclic) bond motifs is 1. The number of pyridine rings is 1. The van der Waals surface area contributed by atoms with Crippen molar-refractivity contribution in [3.05, 3.63) is 52.3 Å². The Morgan fingerprint density at radius 1 is 1.19 bits per heavy atom. The van der Waals surface area contributed by atoms with E-state index in [-0.39, 0.29) is 17.7 Å². The van der Waals surface area contributed by atoms with Gasteiger partial charge in [0, 0.05) is 13.1 Å². The van der Waals surface area contributed by atoms with Crippen LogP contribution < -0.4 is 4.90 Å². The van der Waals surface area contributed by atoms with Gasteiger partial charge in [-0.05, 0) is 37.1 Å². The highest BCUT2D eigenvalue weighted by Gasteiger charge is 2.33. The number of esters is 1. The number of benzene rings is 1. The molecule has 1 aliphatic heterocycles. The molecule has 0 aliphatic carbocycles. The number of alkyl halides is 3. The third kappa shape index (κ3) is 4.02. The third-order valence-corrected chi connectivity index (χ3v) is 5.70. The Bertz CT molecular complexity index is 1170. The zero-order valence-electron chi connectivity index (χ0n) is 18.0. The molecule has 0 amide bonds. The fraction of sp³-hybridized carbons (Fsp3) is 0.409. The van der Waals surface area contributed by atoms with Crippen LogP contribution in [0.25, 0.3) is 11.2 Å². The quantitative estimate of drug-likeness (QED) is 0.567. The van der Waals surface area contributed by atoms with Crippen molar-refractivity contribution in [3.8, 4) is 0 Å². The molecule has 10 heteroatoms. The number of carbonyl (C=O) groups excluding carboxylic acids is 1. The molecule has 0 unspecified atom stereocenters. The van der Waals surface area contributed by atoms with Gasteiger partial charge in [0.05, 0.1) is 38.0 Å². The number of rotatable bonds is 4. The topological polar surface area (TPSA) is 69.5 Å². The molecule has 0 atom stereocenters. The summed E-state index contributed by atoms with van der Waals surface area (Å²) in [6.45, 7) is 5.62. The summed E-state index contributed by atoms with van der Waals surface area (Å²) in [4.78, 5) is 23.7.